The monoisotopic (exact) mass is 396 g/mol. The number of amides is 2. The number of para-hydroxylation sites is 1. The lowest BCUT2D eigenvalue weighted by molar-refractivity contribution is -0.135. The summed E-state index contributed by atoms with van der Waals surface area (Å²) in [7, 11) is 1.57. The van der Waals surface area contributed by atoms with Crippen molar-refractivity contribution >= 4 is 51.2 Å². The third-order valence-electron chi connectivity index (χ3n) is 5.70. The normalized spacial score (nSPS) is 24.1. The van der Waals surface area contributed by atoms with Crippen LogP contribution >= 0.6 is 11.8 Å². The van der Waals surface area contributed by atoms with E-state index < -0.39 is 6.04 Å². The maximum atomic E-state index is 13.0. The van der Waals surface area contributed by atoms with E-state index in [9.17, 15) is 9.59 Å². The number of thioether (sulfide) groups is 1. The van der Waals surface area contributed by atoms with E-state index in [1.165, 1.54) is 0 Å². The first-order valence-electron chi connectivity index (χ1n) is 9.26. The van der Waals surface area contributed by atoms with Gasteiger partial charge in [0.1, 0.15) is 23.0 Å². The molecule has 1 aromatic heterocycles. The summed E-state index contributed by atoms with van der Waals surface area (Å²) >= 11 is 1.68. The van der Waals surface area contributed by atoms with Gasteiger partial charge in [0.2, 0.25) is 11.8 Å². The van der Waals surface area contributed by atoms with Gasteiger partial charge in [-0.2, -0.15) is 0 Å². The topological polar surface area (TPSA) is 71.8 Å². The molecule has 0 bridgehead atoms. The molecule has 6 nitrogen and oxygen atoms in total. The van der Waals surface area contributed by atoms with Crippen LogP contribution in [0.2, 0.25) is 0 Å². The molecule has 0 unspecified atom stereocenters. The fraction of sp³-hybridized carbons (Fsp3) is 0.333. The van der Waals surface area contributed by atoms with Crippen molar-refractivity contribution in [3.8, 4) is 5.75 Å². The zero-order valence-electron chi connectivity index (χ0n) is 15.7. The van der Waals surface area contributed by atoms with Crippen molar-refractivity contribution in [3.05, 3.63) is 36.4 Å². The van der Waals surface area contributed by atoms with Gasteiger partial charge in [0, 0.05) is 29.0 Å². The smallest absolute Gasteiger partial charge is 0.248 e. The Labute approximate surface area is 166 Å². The van der Waals surface area contributed by atoms with E-state index in [1.54, 1.807) is 29.8 Å². The number of furan rings is 1. The van der Waals surface area contributed by atoms with Crippen molar-refractivity contribution < 1.29 is 18.7 Å². The van der Waals surface area contributed by atoms with Gasteiger partial charge in [0.15, 0.2) is 0 Å². The van der Waals surface area contributed by atoms with Gasteiger partial charge in [0.05, 0.1) is 17.7 Å². The largest absolute Gasteiger partial charge is 0.495 e. The van der Waals surface area contributed by atoms with E-state index in [0.717, 1.165) is 22.8 Å². The highest BCUT2D eigenvalue weighted by Gasteiger charge is 2.52. The highest BCUT2D eigenvalue weighted by atomic mass is 32.2. The quantitative estimate of drug-likeness (QED) is 0.725. The summed E-state index contributed by atoms with van der Waals surface area (Å²) in [5.74, 6) is 1.02. The van der Waals surface area contributed by atoms with Gasteiger partial charge < -0.3 is 19.4 Å². The molecule has 2 amide bonds. The second-order valence-corrected chi connectivity index (χ2v) is 8.90. The highest BCUT2D eigenvalue weighted by molar-refractivity contribution is 8.01. The first kappa shape index (κ1) is 17.4. The maximum Gasteiger partial charge on any atom is 0.248 e. The van der Waals surface area contributed by atoms with Crippen molar-refractivity contribution in [2.45, 2.75) is 30.7 Å². The zero-order chi connectivity index (χ0) is 19.5. The molecule has 144 valence electrons. The Bertz CT molecular complexity index is 1120. The molecule has 0 aliphatic carbocycles. The van der Waals surface area contributed by atoms with Crippen LogP contribution in [-0.2, 0) is 9.59 Å². The van der Waals surface area contributed by atoms with Crippen LogP contribution in [-0.4, -0.2) is 40.5 Å². The molecule has 2 fully saturated rings. The van der Waals surface area contributed by atoms with Gasteiger partial charge in [-0.15, -0.1) is 11.8 Å². The molecule has 0 radical (unpaired) electrons. The maximum absolute atomic E-state index is 13.0. The van der Waals surface area contributed by atoms with Crippen LogP contribution in [0.1, 0.15) is 19.8 Å². The molecule has 3 heterocycles. The number of ether oxygens (including phenoxy) is 1. The van der Waals surface area contributed by atoms with Crippen LogP contribution in [0.3, 0.4) is 0 Å². The first-order valence-corrected chi connectivity index (χ1v) is 10.2. The number of rotatable bonds is 3. The van der Waals surface area contributed by atoms with Crippen LogP contribution in [0, 0.1) is 0 Å². The third-order valence-corrected chi connectivity index (χ3v) is 7.21. The second-order valence-electron chi connectivity index (χ2n) is 7.40. The molecule has 0 spiro atoms. The van der Waals surface area contributed by atoms with Crippen molar-refractivity contribution in [2.75, 3.05) is 18.2 Å². The third kappa shape index (κ3) is 2.49. The standard InChI is InChI=1S/C21H20N2O4S/c1-21-8-7-19(24)23(21)15(11-28-21)20(25)22-14-10-17-13(9-18(14)26-2)12-5-3-4-6-16(12)27-17/h3-6,9-10,15H,7-8,11H2,1-2H3,(H,22,25)/t15-,21+/m1/s1. The molecular weight excluding hydrogens is 376 g/mol. The number of carbonyl (C=O) groups excluding carboxylic acids is 2. The fourth-order valence-electron chi connectivity index (χ4n) is 4.25. The molecule has 2 atom stereocenters. The number of carbonyl (C=O) groups is 2. The van der Waals surface area contributed by atoms with Crippen molar-refractivity contribution in [3.63, 3.8) is 0 Å². The predicted molar refractivity (Wildman–Crippen MR) is 110 cm³/mol. The van der Waals surface area contributed by atoms with Gasteiger partial charge in [0.25, 0.3) is 0 Å². The number of hydrogen-bond donors (Lipinski definition) is 1. The molecule has 2 aromatic carbocycles. The number of methoxy groups -OCH3 is 1. The lowest BCUT2D eigenvalue weighted by Crippen LogP contribution is -2.48. The van der Waals surface area contributed by atoms with Crippen LogP contribution < -0.4 is 10.1 Å². The summed E-state index contributed by atoms with van der Waals surface area (Å²) in [6, 6.07) is 11.0. The SMILES string of the molecule is COc1cc2c(cc1NC(=O)[C@H]1CS[C@@]3(C)CCC(=O)N13)oc1ccccc12. The minimum Gasteiger partial charge on any atom is -0.495 e. The average Bonchev–Trinajstić information content (AvgIpc) is 3.31. The van der Waals surface area contributed by atoms with Crippen LogP contribution in [0.5, 0.6) is 5.75 Å². The Morgan fingerprint density at radius 2 is 2.11 bits per heavy atom. The van der Waals surface area contributed by atoms with Gasteiger partial charge in [-0.25, -0.2) is 0 Å². The second kappa shape index (κ2) is 6.17. The molecule has 2 aliphatic rings. The van der Waals surface area contributed by atoms with E-state index in [0.29, 0.717) is 29.2 Å². The Morgan fingerprint density at radius 1 is 1.29 bits per heavy atom. The molecule has 2 aliphatic heterocycles. The number of benzene rings is 2. The summed E-state index contributed by atoms with van der Waals surface area (Å²) in [6.45, 7) is 2.04. The molecule has 28 heavy (non-hydrogen) atoms. The summed E-state index contributed by atoms with van der Waals surface area (Å²) in [5, 5.41) is 4.89. The average molecular weight is 396 g/mol. The Morgan fingerprint density at radius 3 is 2.93 bits per heavy atom. The van der Waals surface area contributed by atoms with E-state index in [2.05, 4.69) is 5.32 Å². The van der Waals surface area contributed by atoms with Gasteiger partial charge in [-0.1, -0.05) is 18.2 Å². The minimum atomic E-state index is -0.471. The summed E-state index contributed by atoms with van der Waals surface area (Å²) in [6.07, 6.45) is 1.29. The number of nitrogens with one attached hydrogen (secondary N) is 1. The summed E-state index contributed by atoms with van der Waals surface area (Å²) < 4.78 is 11.4. The van der Waals surface area contributed by atoms with Crippen molar-refractivity contribution in [1.82, 2.24) is 4.90 Å². The Kier molecular flexibility index (Phi) is 3.84. The first-order chi connectivity index (χ1) is 13.5. The lowest BCUT2D eigenvalue weighted by atomic mass is 10.1. The lowest BCUT2D eigenvalue weighted by Gasteiger charge is -2.29. The van der Waals surface area contributed by atoms with Gasteiger partial charge in [-0.05, 0) is 25.5 Å². The van der Waals surface area contributed by atoms with Crippen molar-refractivity contribution in [2.24, 2.45) is 0 Å². The molecule has 5 rings (SSSR count). The molecule has 3 aromatic rings. The van der Waals surface area contributed by atoms with E-state index in [4.69, 9.17) is 9.15 Å². The van der Waals surface area contributed by atoms with Crippen molar-refractivity contribution in [1.29, 1.82) is 0 Å². The fourth-order valence-corrected chi connectivity index (χ4v) is 5.68. The molecule has 2 saturated heterocycles. The zero-order valence-corrected chi connectivity index (χ0v) is 16.5. The molecular formula is C21H20N2O4S. The van der Waals surface area contributed by atoms with Crippen LogP contribution in [0.15, 0.2) is 40.8 Å². The number of nitrogens with zero attached hydrogens (tertiary/aromatic N) is 1. The predicted octanol–water partition coefficient (Wildman–Crippen LogP) is 3.99. The molecule has 0 saturated carbocycles. The van der Waals surface area contributed by atoms with Gasteiger partial charge in [-0.3, -0.25) is 9.59 Å². The van der Waals surface area contributed by atoms with Gasteiger partial charge >= 0.3 is 0 Å². The van der Waals surface area contributed by atoms with E-state index >= 15 is 0 Å². The Hall–Kier alpha value is -2.67. The summed E-state index contributed by atoms with van der Waals surface area (Å²) in [4.78, 5) is 26.8. The highest BCUT2D eigenvalue weighted by Crippen LogP contribution is 2.47. The number of anilines is 1. The molecule has 1 N–H and O–H groups in total. The summed E-state index contributed by atoms with van der Waals surface area (Å²) in [5.41, 5.74) is 2.01. The minimum absolute atomic E-state index is 0.0485. The molecule has 7 heteroatoms. The van der Waals surface area contributed by atoms with E-state index in [1.807, 2.05) is 37.3 Å². The number of hydrogen-bond acceptors (Lipinski definition) is 5. The van der Waals surface area contributed by atoms with E-state index in [-0.39, 0.29) is 16.7 Å². The number of fused-ring (bicyclic) bond motifs is 4. The Balaban J connectivity index is 1.50. The van der Waals surface area contributed by atoms with Crippen LogP contribution in [0.4, 0.5) is 5.69 Å². The van der Waals surface area contributed by atoms with Crippen LogP contribution in [0.25, 0.3) is 21.9 Å².